The normalized spacial score (nSPS) is 21.5. The molecule has 1 N–H and O–H groups in total. The lowest BCUT2D eigenvalue weighted by molar-refractivity contribution is -0.140. The van der Waals surface area contributed by atoms with Crippen LogP contribution in [0.5, 0.6) is 11.5 Å². The van der Waals surface area contributed by atoms with Gasteiger partial charge in [-0.2, -0.15) is 0 Å². The third-order valence-electron chi connectivity index (χ3n) is 5.87. The fourth-order valence-corrected chi connectivity index (χ4v) is 4.37. The Bertz CT molecular complexity index is 1080. The van der Waals surface area contributed by atoms with Gasteiger partial charge in [-0.15, -0.1) is 0 Å². The van der Waals surface area contributed by atoms with Crippen LogP contribution in [0.1, 0.15) is 36.1 Å². The molecule has 2 aliphatic rings. The number of Topliss-reactive ketones (excluding diaryl/α,β-unsaturated/α-hetero) is 1. The predicted molar refractivity (Wildman–Crippen MR) is 119 cm³/mol. The average molecular weight is 437 g/mol. The molecule has 2 aromatic carbocycles. The molecule has 2 heterocycles. The van der Waals surface area contributed by atoms with Gasteiger partial charge in [-0.3, -0.25) is 9.59 Å². The Balaban J connectivity index is 1.81. The largest absolute Gasteiger partial charge is 0.507 e. The molecule has 2 atom stereocenters. The first-order valence-electron chi connectivity index (χ1n) is 10.7. The van der Waals surface area contributed by atoms with Gasteiger partial charge in [-0.1, -0.05) is 12.1 Å². The van der Waals surface area contributed by atoms with Gasteiger partial charge in [0.15, 0.2) is 0 Å². The van der Waals surface area contributed by atoms with Crippen LogP contribution in [-0.4, -0.2) is 55.2 Å². The molecule has 0 unspecified atom stereocenters. The molecule has 0 bridgehead atoms. The lowest BCUT2D eigenvalue weighted by atomic mass is 9.94. The molecule has 32 heavy (non-hydrogen) atoms. The number of ether oxygens (including phenoxy) is 3. The number of nitrogens with zero attached hydrogens (tertiary/aromatic N) is 1. The average Bonchev–Trinajstić information content (AvgIpc) is 3.29. The highest BCUT2D eigenvalue weighted by molar-refractivity contribution is 6.46. The van der Waals surface area contributed by atoms with Crippen LogP contribution < -0.4 is 9.47 Å². The number of benzene rings is 2. The highest BCUT2D eigenvalue weighted by Gasteiger charge is 2.46. The van der Waals surface area contributed by atoms with Crippen LogP contribution in [0.4, 0.5) is 0 Å². The minimum Gasteiger partial charge on any atom is -0.507 e. The summed E-state index contributed by atoms with van der Waals surface area (Å²) in [6.07, 6.45) is 1.35. The second kappa shape index (κ2) is 9.04. The highest BCUT2D eigenvalue weighted by atomic mass is 16.5. The highest BCUT2D eigenvalue weighted by Crippen LogP contribution is 2.41. The van der Waals surface area contributed by atoms with Crippen molar-refractivity contribution in [2.24, 2.45) is 0 Å². The quantitative estimate of drug-likeness (QED) is 0.309. The number of aliphatic hydroxyl groups excluding tert-OH is 1. The number of carbonyl (C=O) groups excluding carboxylic acids is 2. The Labute approximate surface area is 187 Å². The molecule has 2 aromatic rings. The van der Waals surface area contributed by atoms with E-state index in [4.69, 9.17) is 14.2 Å². The van der Waals surface area contributed by atoms with Gasteiger partial charge in [0.05, 0.1) is 18.7 Å². The smallest absolute Gasteiger partial charge is 0.295 e. The van der Waals surface area contributed by atoms with E-state index in [1.54, 1.807) is 44.6 Å². The van der Waals surface area contributed by atoms with E-state index in [-0.39, 0.29) is 17.4 Å². The van der Waals surface area contributed by atoms with Crippen molar-refractivity contribution in [1.82, 2.24) is 4.90 Å². The van der Waals surface area contributed by atoms with E-state index in [1.165, 1.54) is 4.90 Å². The number of carbonyl (C=O) groups is 2. The van der Waals surface area contributed by atoms with Gasteiger partial charge in [0.1, 0.15) is 23.4 Å². The molecule has 168 valence electrons. The van der Waals surface area contributed by atoms with E-state index in [1.807, 2.05) is 19.1 Å². The third kappa shape index (κ3) is 3.96. The Morgan fingerprint density at radius 2 is 2.00 bits per heavy atom. The van der Waals surface area contributed by atoms with Gasteiger partial charge in [0.25, 0.3) is 11.7 Å². The van der Waals surface area contributed by atoms with Crippen molar-refractivity contribution in [3.63, 3.8) is 0 Å². The number of fused-ring (bicyclic) bond motifs is 1. The van der Waals surface area contributed by atoms with Crippen molar-refractivity contribution >= 4 is 17.4 Å². The van der Waals surface area contributed by atoms with Crippen LogP contribution in [0.15, 0.2) is 48.0 Å². The van der Waals surface area contributed by atoms with Crippen LogP contribution in [-0.2, 0) is 20.7 Å². The zero-order chi connectivity index (χ0) is 22.8. The van der Waals surface area contributed by atoms with Crippen LogP contribution >= 0.6 is 0 Å². The summed E-state index contributed by atoms with van der Waals surface area (Å²) in [6, 6.07) is 11.8. The summed E-state index contributed by atoms with van der Waals surface area (Å²) in [5.41, 5.74) is 2.23. The molecule has 1 amide bonds. The molecule has 7 nitrogen and oxygen atoms in total. The minimum absolute atomic E-state index is 0.0607. The van der Waals surface area contributed by atoms with Gasteiger partial charge in [0, 0.05) is 32.2 Å². The Morgan fingerprint density at radius 3 is 2.75 bits per heavy atom. The van der Waals surface area contributed by atoms with Crippen LogP contribution in [0.2, 0.25) is 0 Å². The first-order valence-corrected chi connectivity index (χ1v) is 10.7. The molecule has 4 rings (SSSR count). The topological polar surface area (TPSA) is 85.3 Å². The van der Waals surface area contributed by atoms with Crippen molar-refractivity contribution in [3.8, 4) is 11.5 Å². The number of aliphatic hydroxyl groups is 1. The van der Waals surface area contributed by atoms with E-state index < -0.39 is 17.7 Å². The number of rotatable bonds is 7. The maximum Gasteiger partial charge on any atom is 0.295 e. The number of methoxy groups -OCH3 is 2. The number of ketones is 1. The van der Waals surface area contributed by atoms with Crippen molar-refractivity contribution in [1.29, 1.82) is 0 Å². The molecule has 1 saturated heterocycles. The molecule has 0 aliphatic carbocycles. The van der Waals surface area contributed by atoms with Crippen molar-refractivity contribution in [3.05, 3.63) is 64.7 Å². The molecule has 1 fully saturated rings. The Hall–Kier alpha value is -3.32. The predicted octanol–water partition coefficient (Wildman–Crippen LogP) is 3.48. The van der Waals surface area contributed by atoms with Gasteiger partial charge in [-0.05, 0) is 54.8 Å². The zero-order valence-electron chi connectivity index (χ0n) is 18.5. The Morgan fingerprint density at radius 1 is 1.19 bits per heavy atom. The summed E-state index contributed by atoms with van der Waals surface area (Å²) in [7, 11) is 3.15. The van der Waals surface area contributed by atoms with Gasteiger partial charge >= 0.3 is 0 Å². The standard InChI is InChI=1S/C25H27NO6/c1-15-12-18-13-17(8-9-20(18)32-15)23(27)21-22(16-6-4-7-19(14-16)31-3)26(10-5-11-30-2)25(29)24(21)28/h4,6-9,13-15,22,27H,5,10-12H2,1-3H3/t15-,22-/m0/s1. The molecular weight excluding hydrogens is 410 g/mol. The number of amides is 1. The van der Waals surface area contributed by atoms with Gasteiger partial charge in [-0.25, -0.2) is 0 Å². The summed E-state index contributed by atoms with van der Waals surface area (Å²) in [5, 5.41) is 11.2. The molecule has 0 aromatic heterocycles. The lowest BCUT2D eigenvalue weighted by Crippen LogP contribution is -2.31. The lowest BCUT2D eigenvalue weighted by Gasteiger charge is -2.25. The third-order valence-corrected chi connectivity index (χ3v) is 5.87. The summed E-state index contributed by atoms with van der Waals surface area (Å²) in [4.78, 5) is 27.5. The number of hydrogen-bond acceptors (Lipinski definition) is 6. The SMILES string of the molecule is COCCCN1C(=O)C(=O)C(=C(O)c2ccc3c(c2)C[C@H](C)O3)[C@@H]1c1cccc(OC)c1. The molecule has 0 spiro atoms. The van der Waals surface area contributed by atoms with Crippen molar-refractivity contribution < 1.29 is 28.9 Å². The maximum absolute atomic E-state index is 13.1. The maximum atomic E-state index is 13.1. The fraction of sp³-hybridized carbons (Fsp3) is 0.360. The fourth-order valence-electron chi connectivity index (χ4n) is 4.37. The van der Waals surface area contributed by atoms with E-state index >= 15 is 0 Å². The van der Waals surface area contributed by atoms with Crippen molar-refractivity contribution in [2.75, 3.05) is 27.4 Å². The molecule has 2 aliphatic heterocycles. The van der Waals surface area contributed by atoms with E-state index in [2.05, 4.69) is 0 Å². The van der Waals surface area contributed by atoms with Crippen LogP contribution in [0.3, 0.4) is 0 Å². The zero-order valence-corrected chi connectivity index (χ0v) is 18.5. The number of likely N-dealkylation sites (tertiary alicyclic amines) is 1. The first-order chi connectivity index (χ1) is 15.4. The second-order valence-electron chi connectivity index (χ2n) is 8.07. The van der Waals surface area contributed by atoms with E-state index in [0.29, 0.717) is 36.4 Å². The summed E-state index contributed by atoms with van der Waals surface area (Å²) >= 11 is 0. The Kier molecular flexibility index (Phi) is 6.19. The van der Waals surface area contributed by atoms with Gasteiger partial charge < -0.3 is 24.2 Å². The molecule has 0 radical (unpaired) electrons. The van der Waals surface area contributed by atoms with Crippen LogP contribution in [0.25, 0.3) is 5.76 Å². The number of hydrogen-bond donors (Lipinski definition) is 1. The molecule has 7 heteroatoms. The summed E-state index contributed by atoms with van der Waals surface area (Å²) in [6.45, 7) is 2.76. The molecule has 0 saturated carbocycles. The van der Waals surface area contributed by atoms with E-state index in [9.17, 15) is 14.7 Å². The minimum atomic E-state index is -0.717. The van der Waals surface area contributed by atoms with Gasteiger partial charge in [0.2, 0.25) is 0 Å². The van der Waals surface area contributed by atoms with Crippen LogP contribution in [0, 0.1) is 0 Å². The summed E-state index contributed by atoms with van der Waals surface area (Å²) in [5.74, 6) is -0.133. The monoisotopic (exact) mass is 437 g/mol. The van der Waals surface area contributed by atoms with Crippen molar-refractivity contribution in [2.45, 2.75) is 31.9 Å². The second-order valence-corrected chi connectivity index (χ2v) is 8.07. The molecular formula is C25H27NO6. The van der Waals surface area contributed by atoms with E-state index in [0.717, 1.165) is 17.7 Å². The summed E-state index contributed by atoms with van der Waals surface area (Å²) < 4.78 is 16.2. The first kappa shape index (κ1) is 21.9.